The molecule has 0 aliphatic rings. The minimum absolute atomic E-state index is 0.0839. The first-order chi connectivity index (χ1) is 14.5. The topological polar surface area (TPSA) is 47.6 Å². The monoisotopic (exact) mass is 425 g/mol. The number of carbonyl (C=O) groups is 1. The van der Waals surface area contributed by atoms with Gasteiger partial charge in [0.1, 0.15) is 11.5 Å². The van der Waals surface area contributed by atoms with Gasteiger partial charge in [-0.2, -0.15) is 0 Å². The van der Waals surface area contributed by atoms with Gasteiger partial charge in [-0.3, -0.25) is 4.79 Å². The summed E-state index contributed by atoms with van der Waals surface area (Å²) in [4.78, 5) is 13.0. The highest BCUT2D eigenvalue weighted by Gasteiger charge is 2.23. The van der Waals surface area contributed by atoms with E-state index in [0.29, 0.717) is 18.1 Å². The van der Waals surface area contributed by atoms with Gasteiger partial charge in [0.15, 0.2) is 6.10 Å². The van der Waals surface area contributed by atoms with Gasteiger partial charge < -0.3 is 14.8 Å². The maximum atomic E-state index is 13.0. The van der Waals surface area contributed by atoms with Crippen LogP contribution >= 0.6 is 0 Å². The van der Waals surface area contributed by atoms with Crippen LogP contribution in [0.1, 0.15) is 89.1 Å². The van der Waals surface area contributed by atoms with Crippen LogP contribution in [0.15, 0.2) is 36.4 Å². The second kappa shape index (κ2) is 10.2. The van der Waals surface area contributed by atoms with E-state index in [-0.39, 0.29) is 17.4 Å². The standard InChI is InChI=1S/C27H39NO3/c1-10-24(31-21-13-11-20(12-14-21)27(6,7)8)26(29)28-19(5)23-16-22(17(2)3)25(30-9)15-18(23)4/h11-17,19,24H,10H2,1-9H3,(H,28,29)/t19-,24+/m0/s1. The lowest BCUT2D eigenvalue weighted by atomic mass is 9.87. The lowest BCUT2D eigenvalue weighted by Gasteiger charge is -2.24. The normalized spacial score (nSPS) is 13.6. The van der Waals surface area contributed by atoms with E-state index in [1.807, 2.05) is 26.0 Å². The van der Waals surface area contributed by atoms with Crippen LogP contribution in [-0.2, 0) is 10.2 Å². The van der Waals surface area contributed by atoms with Gasteiger partial charge in [-0.25, -0.2) is 0 Å². The summed E-state index contributed by atoms with van der Waals surface area (Å²) < 4.78 is 11.6. The first-order valence-corrected chi connectivity index (χ1v) is 11.2. The molecular formula is C27H39NO3. The van der Waals surface area contributed by atoms with Crippen LogP contribution in [0, 0.1) is 6.92 Å². The number of rotatable bonds is 8. The Balaban J connectivity index is 2.14. The van der Waals surface area contributed by atoms with E-state index in [9.17, 15) is 4.79 Å². The molecule has 0 aliphatic carbocycles. The molecule has 0 radical (unpaired) electrons. The zero-order valence-electron chi connectivity index (χ0n) is 20.6. The largest absolute Gasteiger partial charge is 0.496 e. The molecule has 1 amide bonds. The SMILES string of the molecule is CC[C@@H](Oc1ccc(C(C)(C)C)cc1)C(=O)N[C@@H](C)c1cc(C(C)C)c(OC)cc1C. The number of ether oxygens (including phenoxy) is 2. The molecule has 0 fully saturated rings. The fraction of sp³-hybridized carbons (Fsp3) is 0.519. The van der Waals surface area contributed by atoms with Crippen LogP contribution in [0.2, 0.25) is 0 Å². The van der Waals surface area contributed by atoms with E-state index < -0.39 is 6.10 Å². The molecule has 0 heterocycles. The Kier molecular flexibility index (Phi) is 8.16. The third-order valence-electron chi connectivity index (χ3n) is 5.73. The molecule has 170 valence electrons. The Hall–Kier alpha value is -2.49. The minimum atomic E-state index is -0.536. The number of methoxy groups -OCH3 is 1. The molecule has 0 saturated carbocycles. The summed E-state index contributed by atoms with van der Waals surface area (Å²) >= 11 is 0. The highest BCUT2D eigenvalue weighted by atomic mass is 16.5. The van der Waals surface area contributed by atoms with Crippen LogP contribution in [0.5, 0.6) is 11.5 Å². The van der Waals surface area contributed by atoms with E-state index >= 15 is 0 Å². The highest BCUT2D eigenvalue weighted by Crippen LogP contribution is 2.32. The molecule has 0 aromatic heterocycles. The Morgan fingerprint density at radius 3 is 2.13 bits per heavy atom. The fourth-order valence-electron chi connectivity index (χ4n) is 3.71. The van der Waals surface area contributed by atoms with Crippen molar-refractivity contribution in [3.63, 3.8) is 0 Å². The number of benzene rings is 2. The zero-order valence-corrected chi connectivity index (χ0v) is 20.6. The van der Waals surface area contributed by atoms with Gasteiger partial charge in [-0.05, 0) is 78.1 Å². The molecule has 2 atom stereocenters. The molecule has 0 bridgehead atoms. The van der Waals surface area contributed by atoms with E-state index in [1.165, 1.54) is 5.56 Å². The van der Waals surface area contributed by atoms with Crippen molar-refractivity contribution in [2.24, 2.45) is 0 Å². The third kappa shape index (κ3) is 6.25. The van der Waals surface area contributed by atoms with Crippen molar-refractivity contribution in [3.8, 4) is 11.5 Å². The van der Waals surface area contributed by atoms with Gasteiger partial charge in [0.25, 0.3) is 5.91 Å². The molecule has 4 heteroatoms. The smallest absolute Gasteiger partial charge is 0.261 e. The average Bonchev–Trinajstić information content (AvgIpc) is 2.70. The Labute approximate surface area is 188 Å². The number of aryl methyl sites for hydroxylation is 1. The Morgan fingerprint density at radius 1 is 1.03 bits per heavy atom. The van der Waals surface area contributed by atoms with Gasteiger partial charge in [0.2, 0.25) is 0 Å². The molecule has 4 nitrogen and oxygen atoms in total. The van der Waals surface area contributed by atoms with Crippen molar-refractivity contribution in [1.29, 1.82) is 0 Å². The summed E-state index contributed by atoms with van der Waals surface area (Å²) in [6.07, 6.45) is 0.0596. The van der Waals surface area contributed by atoms with Gasteiger partial charge in [0, 0.05) is 0 Å². The van der Waals surface area contributed by atoms with Gasteiger partial charge in [-0.1, -0.05) is 53.7 Å². The lowest BCUT2D eigenvalue weighted by Crippen LogP contribution is -2.39. The molecule has 0 aliphatic heterocycles. The third-order valence-corrected chi connectivity index (χ3v) is 5.73. The molecule has 2 rings (SSSR count). The van der Waals surface area contributed by atoms with E-state index in [2.05, 4.69) is 71.1 Å². The molecule has 0 spiro atoms. The Morgan fingerprint density at radius 2 is 1.65 bits per heavy atom. The molecule has 31 heavy (non-hydrogen) atoms. The number of nitrogens with one attached hydrogen (secondary N) is 1. The van der Waals surface area contributed by atoms with Crippen molar-refractivity contribution in [2.45, 2.75) is 85.3 Å². The molecule has 0 unspecified atom stereocenters. The van der Waals surface area contributed by atoms with Crippen LogP contribution in [0.4, 0.5) is 0 Å². The van der Waals surface area contributed by atoms with E-state index in [1.54, 1.807) is 7.11 Å². The molecular weight excluding hydrogens is 386 g/mol. The Bertz CT molecular complexity index is 879. The average molecular weight is 426 g/mol. The van der Waals surface area contributed by atoms with Gasteiger partial charge >= 0.3 is 0 Å². The van der Waals surface area contributed by atoms with Crippen LogP contribution in [-0.4, -0.2) is 19.1 Å². The summed E-state index contributed by atoms with van der Waals surface area (Å²) in [5, 5.41) is 3.14. The van der Waals surface area contributed by atoms with E-state index in [4.69, 9.17) is 9.47 Å². The van der Waals surface area contributed by atoms with Crippen LogP contribution in [0.3, 0.4) is 0 Å². The van der Waals surface area contributed by atoms with Crippen molar-refractivity contribution >= 4 is 5.91 Å². The summed E-state index contributed by atoms with van der Waals surface area (Å²) in [5.41, 5.74) is 4.66. The van der Waals surface area contributed by atoms with Crippen molar-refractivity contribution in [1.82, 2.24) is 5.32 Å². The number of carbonyl (C=O) groups excluding carboxylic acids is 1. The minimum Gasteiger partial charge on any atom is -0.496 e. The van der Waals surface area contributed by atoms with Crippen LogP contribution in [0.25, 0.3) is 0 Å². The summed E-state index contributed by atoms with van der Waals surface area (Å²) in [7, 11) is 1.70. The number of hydrogen-bond acceptors (Lipinski definition) is 3. The molecule has 1 N–H and O–H groups in total. The maximum Gasteiger partial charge on any atom is 0.261 e. The van der Waals surface area contributed by atoms with Crippen molar-refractivity contribution in [2.75, 3.05) is 7.11 Å². The lowest BCUT2D eigenvalue weighted by molar-refractivity contribution is -0.128. The fourth-order valence-corrected chi connectivity index (χ4v) is 3.71. The second-order valence-electron chi connectivity index (χ2n) is 9.62. The molecule has 0 saturated heterocycles. The first-order valence-electron chi connectivity index (χ1n) is 11.2. The number of hydrogen-bond donors (Lipinski definition) is 1. The van der Waals surface area contributed by atoms with E-state index in [0.717, 1.165) is 22.4 Å². The summed E-state index contributed by atoms with van der Waals surface area (Å²) in [6.45, 7) is 16.9. The maximum absolute atomic E-state index is 13.0. The molecule has 2 aromatic rings. The van der Waals surface area contributed by atoms with Crippen molar-refractivity contribution < 1.29 is 14.3 Å². The first kappa shape index (κ1) is 24.8. The summed E-state index contributed by atoms with van der Waals surface area (Å²) in [6, 6.07) is 12.1. The van der Waals surface area contributed by atoms with Crippen molar-refractivity contribution in [3.05, 3.63) is 58.7 Å². The second-order valence-corrected chi connectivity index (χ2v) is 9.62. The van der Waals surface area contributed by atoms with Gasteiger partial charge in [-0.15, -0.1) is 0 Å². The highest BCUT2D eigenvalue weighted by molar-refractivity contribution is 5.81. The van der Waals surface area contributed by atoms with Crippen LogP contribution < -0.4 is 14.8 Å². The summed E-state index contributed by atoms with van der Waals surface area (Å²) in [5.74, 6) is 1.84. The predicted molar refractivity (Wildman–Crippen MR) is 128 cm³/mol. The number of amides is 1. The quantitative estimate of drug-likeness (QED) is 0.528. The zero-order chi connectivity index (χ0) is 23.3. The predicted octanol–water partition coefficient (Wildman–Crippen LogP) is 6.46. The molecule has 2 aromatic carbocycles. The van der Waals surface area contributed by atoms with Gasteiger partial charge in [0.05, 0.1) is 13.2 Å².